The molecule has 3 fully saturated rings. The molecule has 0 aliphatic carbocycles. The fraction of sp³-hybridized carbons (Fsp3) is 0.708. The van der Waals surface area contributed by atoms with E-state index in [0.29, 0.717) is 12.0 Å². The van der Waals surface area contributed by atoms with Crippen LogP contribution >= 0.6 is 0 Å². The summed E-state index contributed by atoms with van der Waals surface area (Å²) in [5.41, 5.74) is 1.25. The van der Waals surface area contributed by atoms with Gasteiger partial charge in [-0.2, -0.15) is 0 Å². The van der Waals surface area contributed by atoms with Crippen molar-refractivity contribution >= 4 is 22.8 Å². The number of amides is 1. The van der Waals surface area contributed by atoms with Gasteiger partial charge in [0.25, 0.3) is 0 Å². The summed E-state index contributed by atoms with van der Waals surface area (Å²) >= 11 is 0. The predicted molar refractivity (Wildman–Crippen MR) is 128 cm³/mol. The number of piperidine rings is 1. The van der Waals surface area contributed by atoms with Gasteiger partial charge in [0.1, 0.15) is 24.0 Å². The quantitative estimate of drug-likeness (QED) is 0.662. The Labute approximate surface area is 195 Å². The van der Waals surface area contributed by atoms with Gasteiger partial charge < -0.3 is 24.8 Å². The molecule has 0 radical (unpaired) electrons. The molecule has 2 atom stereocenters. The number of fused-ring (bicyclic) bond motifs is 1. The van der Waals surface area contributed by atoms with E-state index in [0.717, 1.165) is 55.9 Å². The zero-order valence-corrected chi connectivity index (χ0v) is 19.9. The van der Waals surface area contributed by atoms with Crippen molar-refractivity contribution in [3.8, 4) is 0 Å². The van der Waals surface area contributed by atoms with Crippen molar-refractivity contribution in [2.75, 3.05) is 52.1 Å². The Kier molecular flexibility index (Phi) is 6.53. The highest BCUT2D eigenvalue weighted by molar-refractivity contribution is 5.87. The van der Waals surface area contributed by atoms with Crippen LogP contribution in [0.3, 0.4) is 0 Å². The van der Waals surface area contributed by atoms with Gasteiger partial charge in [0, 0.05) is 45.3 Å². The number of ether oxygens (including phenoxy) is 1. The molecule has 2 aromatic heterocycles. The number of nitrogens with zero attached hydrogens (tertiary/aromatic N) is 5. The van der Waals surface area contributed by atoms with Crippen LogP contribution in [0.5, 0.6) is 0 Å². The van der Waals surface area contributed by atoms with Gasteiger partial charge in [-0.3, -0.25) is 9.69 Å². The average molecular weight is 456 g/mol. The summed E-state index contributed by atoms with van der Waals surface area (Å²) in [5.74, 6) is 0.990. The first-order valence-corrected chi connectivity index (χ1v) is 12.4. The number of carbonyl (C=O) groups excluding carboxylic acids is 1. The lowest BCUT2D eigenvalue weighted by Gasteiger charge is -2.45. The molecule has 2 unspecified atom stereocenters. The van der Waals surface area contributed by atoms with Crippen LogP contribution < -0.4 is 10.6 Å². The summed E-state index contributed by atoms with van der Waals surface area (Å²) in [7, 11) is 3.60. The van der Waals surface area contributed by atoms with Crippen molar-refractivity contribution in [3.05, 3.63) is 18.6 Å². The smallest absolute Gasteiger partial charge is 0.221 e. The van der Waals surface area contributed by atoms with Gasteiger partial charge in [0.15, 0.2) is 0 Å². The zero-order chi connectivity index (χ0) is 22.8. The highest BCUT2D eigenvalue weighted by atomic mass is 16.5. The van der Waals surface area contributed by atoms with Crippen LogP contribution in [0.1, 0.15) is 51.2 Å². The van der Waals surface area contributed by atoms with Gasteiger partial charge in [-0.1, -0.05) is 0 Å². The number of carbonyl (C=O) groups is 1. The zero-order valence-electron chi connectivity index (χ0n) is 19.9. The van der Waals surface area contributed by atoms with Crippen LogP contribution in [-0.2, 0) is 9.53 Å². The molecule has 3 saturated heterocycles. The minimum absolute atomic E-state index is 0.0391. The van der Waals surface area contributed by atoms with Gasteiger partial charge in [-0.25, -0.2) is 9.97 Å². The van der Waals surface area contributed by atoms with Gasteiger partial charge in [-0.05, 0) is 64.2 Å². The van der Waals surface area contributed by atoms with Crippen LogP contribution in [0.25, 0.3) is 11.0 Å². The number of hydrogen-bond acceptors (Lipinski definition) is 7. The molecule has 1 spiro atoms. The summed E-state index contributed by atoms with van der Waals surface area (Å²) in [5, 5.41) is 6.91. The fourth-order valence-corrected chi connectivity index (χ4v) is 6.10. The Morgan fingerprint density at radius 3 is 2.82 bits per heavy atom. The molecule has 2 aromatic rings. The normalized spacial score (nSPS) is 25.8. The molecule has 0 aromatic carbocycles. The highest BCUT2D eigenvalue weighted by Gasteiger charge is 2.44. The van der Waals surface area contributed by atoms with Crippen LogP contribution in [-0.4, -0.2) is 88.7 Å². The third-order valence-electron chi connectivity index (χ3n) is 8.03. The Morgan fingerprint density at radius 1 is 1.18 bits per heavy atom. The number of anilines is 1. The van der Waals surface area contributed by atoms with Gasteiger partial charge in [0.2, 0.25) is 5.91 Å². The third kappa shape index (κ3) is 4.46. The van der Waals surface area contributed by atoms with Crippen LogP contribution in [0.4, 0.5) is 5.82 Å². The maximum atomic E-state index is 11.6. The molecule has 9 nitrogen and oxygen atoms in total. The minimum atomic E-state index is 0.0391. The van der Waals surface area contributed by atoms with Crippen LogP contribution in [0.2, 0.25) is 0 Å². The second-order valence-corrected chi connectivity index (χ2v) is 9.76. The summed E-state index contributed by atoms with van der Waals surface area (Å²) in [4.78, 5) is 25.6. The fourth-order valence-electron chi connectivity index (χ4n) is 6.10. The molecule has 3 aliphatic heterocycles. The number of aromatic nitrogens is 3. The molecular formula is C24H37N7O2. The van der Waals surface area contributed by atoms with Gasteiger partial charge in [-0.15, -0.1) is 0 Å². The van der Waals surface area contributed by atoms with E-state index in [1.165, 1.54) is 32.2 Å². The summed E-state index contributed by atoms with van der Waals surface area (Å²) < 4.78 is 8.74. The van der Waals surface area contributed by atoms with E-state index in [-0.39, 0.29) is 18.2 Å². The molecule has 0 saturated carbocycles. The molecule has 5 heterocycles. The Morgan fingerprint density at radius 2 is 2.03 bits per heavy atom. The van der Waals surface area contributed by atoms with Crippen molar-refractivity contribution in [2.24, 2.45) is 0 Å². The molecule has 9 heteroatoms. The van der Waals surface area contributed by atoms with Crippen molar-refractivity contribution in [1.29, 1.82) is 0 Å². The van der Waals surface area contributed by atoms with Crippen LogP contribution in [0.15, 0.2) is 18.6 Å². The standard InChI is InChI=1S/C24H37N7O2/c1-25-20(32)7-12-29-14-9-24(10-15-29)8-3-11-30(24)16-18-4-5-21(33-18)31-13-6-19-22(26-2)27-17-28-23(19)31/h6,13,17-18,21H,3-5,7-12,14-16H2,1-2H3,(H,25,32)(H,26,27,28). The lowest BCUT2D eigenvalue weighted by Crippen LogP contribution is -2.54. The van der Waals surface area contributed by atoms with Crippen molar-refractivity contribution in [3.63, 3.8) is 0 Å². The second-order valence-electron chi connectivity index (χ2n) is 9.76. The largest absolute Gasteiger partial charge is 0.372 e. The van der Waals surface area contributed by atoms with Crippen LogP contribution in [0, 0.1) is 0 Å². The lowest BCUT2D eigenvalue weighted by atomic mass is 9.84. The van der Waals surface area contributed by atoms with E-state index >= 15 is 0 Å². The first kappa shape index (κ1) is 22.6. The topological polar surface area (TPSA) is 87.6 Å². The van der Waals surface area contributed by atoms with E-state index in [4.69, 9.17) is 4.74 Å². The molecule has 2 N–H and O–H groups in total. The number of rotatable bonds is 7. The van der Waals surface area contributed by atoms with E-state index in [1.54, 1.807) is 13.4 Å². The summed E-state index contributed by atoms with van der Waals surface area (Å²) in [6, 6.07) is 2.07. The molecule has 0 bridgehead atoms. The Balaban J connectivity index is 1.18. The third-order valence-corrected chi connectivity index (χ3v) is 8.03. The maximum Gasteiger partial charge on any atom is 0.221 e. The SMILES string of the molecule is CNC(=O)CCN1CCC2(CCCN2CC2CCC(n3ccc4c(NC)ncnc43)O2)CC1. The number of likely N-dealkylation sites (tertiary alicyclic amines) is 2. The van der Waals surface area contributed by atoms with Gasteiger partial charge in [0.05, 0.1) is 11.5 Å². The monoisotopic (exact) mass is 455 g/mol. The maximum absolute atomic E-state index is 11.6. The van der Waals surface area contributed by atoms with Crippen molar-refractivity contribution in [1.82, 2.24) is 29.7 Å². The average Bonchev–Trinajstić information content (AvgIpc) is 3.58. The van der Waals surface area contributed by atoms with E-state index < -0.39 is 0 Å². The first-order chi connectivity index (χ1) is 16.1. The lowest BCUT2D eigenvalue weighted by molar-refractivity contribution is -0.121. The number of nitrogens with one attached hydrogen (secondary N) is 2. The number of hydrogen-bond donors (Lipinski definition) is 2. The second kappa shape index (κ2) is 9.56. The molecular weight excluding hydrogens is 418 g/mol. The Bertz CT molecular complexity index is 969. The summed E-state index contributed by atoms with van der Waals surface area (Å²) in [6.45, 7) is 5.24. The molecule has 33 heavy (non-hydrogen) atoms. The molecule has 1 amide bonds. The molecule has 180 valence electrons. The van der Waals surface area contributed by atoms with E-state index in [9.17, 15) is 4.79 Å². The van der Waals surface area contributed by atoms with Gasteiger partial charge >= 0.3 is 0 Å². The summed E-state index contributed by atoms with van der Waals surface area (Å²) in [6.07, 6.45) is 11.7. The van der Waals surface area contributed by atoms with Crippen molar-refractivity contribution in [2.45, 2.75) is 62.8 Å². The van der Waals surface area contributed by atoms with Crippen molar-refractivity contribution < 1.29 is 9.53 Å². The molecule has 3 aliphatic rings. The predicted octanol–water partition coefficient (Wildman–Crippen LogP) is 2.22. The first-order valence-electron chi connectivity index (χ1n) is 12.4. The van der Waals surface area contributed by atoms with E-state index in [1.807, 2.05) is 7.05 Å². The minimum Gasteiger partial charge on any atom is -0.372 e. The van der Waals surface area contributed by atoms with E-state index in [2.05, 4.69) is 47.2 Å². The highest BCUT2D eigenvalue weighted by Crippen LogP contribution is 2.40. The molecule has 5 rings (SSSR count). The Hall–Kier alpha value is -2.23.